The molecule has 1 fully saturated rings. The number of hydrogen-bond donors (Lipinski definition) is 2. The Hall–Kier alpha value is -0.860. The molecule has 0 aliphatic heterocycles. The molecule has 2 rings (SSSR count). The summed E-state index contributed by atoms with van der Waals surface area (Å²) in [6, 6.07) is 9.69. The average molecular weight is 178 g/mol. The summed E-state index contributed by atoms with van der Waals surface area (Å²) >= 11 is 0. The molecule has 2 nitrogen and oxygen atoms in total. The Labute approximate surface area is 77.8 Å². The van der Waals surface area contributed by atoms with Crippen molar-refractivity contribution in [1.29, 1.82) is 0 Å². The van der Waals surface area contributed by atoms with Gasteiger partial charge in [0.15, 0.2) is 0 Å². The van der Waals surface area contributed by atoms with Gasteiger partial charge in [-0.1, -0.05) is 30.3 Å². The molecule has 0 heterocycles. The van der Waals surface area contributed by atoms with Crippen LogP contribution in [0.25, 0.3) is 0 Å². The Bertz CT molecular complexity index is 283. The molecule has 1 aliphatic rings. The summed E-state index contributed by atoms with van der Waals surface area (Å²) in [5.74, 6) is 0.250. The van der Waals surface area contributed by atoms with Gasteiger partial charge in [0.1, 0.15) is 0 Å². The van der Waals surface area contributed by atoms with Gasteiger partial charge in [-0.25, -0.2) is 0 Å². The van der Waals surface area contributed by atoms with Crippen molar-refractivity contribution < 1.29 is 10.2 Å². The third-order valence-electron chi connectivity index (χ3n) is 2.82. The first-order valence-corrected chi connectivity index (χ1v) is 4.66. The van der Waals surface area contributed by atoms with Gasteiger partial charge in [0.25, 0.3) is 0 Å². The molecule has 0 spiro atoms. The fourth-order valence-electron chi connectivity index (χ4n) is 1.89. The highest BCUT2D eigenvalue weighted by Gasteiger charge is 2.53. The van der Waals surface area contributed by atoms with Crippen molar-refractivity contribution in [1.82, 2.24) is 0 Å². The molecule has 1 aromatic carbocycles. The van der Waals surface area contributed by atoms with Gasteiger partial charge in [0, 0.05) is 6.61 Å². The summed E-state index contributed by atoms with van der Waals surface area (Å²) < 4.78 is 0. The van der Waals surface area contributed by atoms with Crippen LogP contribution in [0.1, 0.15) is 18.4 Å². The Kier molecular flexibility index (Phi) is 2.10. The van der Waals surface area contributed by atoms with Crippen LogP contribution in [0, 0.1) is 5.92 Å². The van der Waals surface area contributed by atoms with Gasteiger partial charge in [-0.15, -0.1) is 0 Å². The van der Waals surface area contributed by atoms with Gasteiger partial charge in [0.2, 0.25) is 0 Å². The van der Waals surface area contributed by atoms with Crippen LogP contribution in [0.4, 0.5) is 0 Å². The lowest BCUT2D eigenvalue weighted by Crippen LogP contribution is -2.09. The van der Waals surface area contributed by atoms with E-state index in [0.717, 1.165) is 12.0 Å². The molecule has 0 radical (unpaired) electrons. The molecule has 2 heteroatoms. The van der Waals surface area contributed by atoms with E-state index in [2.05, 4.69) is 0 Å². The van der Waals surface area contributed by atoms with E-state index in [1.54, 1.807) is 0 Å². The fraction of sp³-hybridized carbons (Fsp3) is 0.455. The number of benzene rings is 1. The zero-order valence-corrected chi connectivity index (χ0v) is 7.48. The second-order valence-corrected chi connectivity index (χ2v) is 3.70. The van der Waals surface area contributed by atoms with Crippen molar-refractivity contribution in [2.45, 2.75) is 18.4 Å². The molecule has 0 aromatic heterocycles. The molecule has 0 saturated heterocycles. The fourth-order valence-corrected chi connectivity index (χ4v) is 1.89. The van der Waals surface area contributed by atoms with Crippen LogP contribution in [0.5, 0.6) is 0 Å². The molecule has 1 aromatic rings. The Balaban J connectivity index is 2.11. The molecule has 70 valence electrons. The second kappa shape index (κ2) is 3.13. The maximum atomic E-state index is 10.1. The van der Waals surface area contributed by atoms with Crippen molar-refractivity contribution >= 4 is 0 Å². The van der Waals surface area contributed by atoms with Crippen LogP contribution < -0.4 is 0 Å². The van der Waals surface area contributed by atoms with E-state index in [-0.39, 0.29) is 12.5 Å². The van der Waals surface area contributed by atoms with Crippen molar-refractivity contribution in [3.05, 3.63) is 35.9 Å². The molecule has 0 amide bonds. The summed E-state index contributed by atoms with van der Waals surface area (Å²) in [5, 5.41) is 18.8. The third-order valence-corrected chi connectivity index (χ3v) is 2.82. The predicted octanol–water partition coefficient (Wildman–Crippen LogP) is 1.28. The first-order valence-electron chi connectivity index (χ1n) is 4.66. The van der Waals surface area contributed by atoms with Crippen LogP contribution in [0.2, 0.25) is 0 Å². The molecule has 1 aliphatic carbocycles. The van der Waals surface area contributed by atoms with Gasteiger partial charge < -0.3 is 10.2 Å². The summed E-state index contributed by atoms with van der Waals surface area (Å²) in [5.41, 5.74) is 0.331. The molecule has 2 atom stereocenters. The van der Waals surface area contributed by atoms with Gasteiger partial charge >= 0.3 is 0 Å². The topological polar surface area (TPSA) is 40.5 Å². The maximum absolute atomic E-state index is 10.1. The summed E-state index contributed by atoms with van der Waals surface area (Å²) in [4.78, 5) is 0. The van der Waals surface area contributed by atoms with E-state index >= 15 is 0 Å². The number of aliphatic hydroxyl groups is 2. The van der Waals surface area contributed by atoms with Crippen LogP contribution >= 0.6 is 0 Å². The van der Waals surface area contributed by atoms with E-state index in [1.165, 1.54) is 0 Å². The SMILES string of the molecule is OCC[C@H]1C[C@]1(O)c1ccccc1. The van der Waals surface area contributed by atoms with E-state index in [1.807, 2.05) is 30.3 Å². The first kappa shape index (κ1) is 8.73. The minimum absolute atomic E-state index is 0.166. The number of rotatable bonds is 3. The van der Waals surface area contributed by atoms with Crippen LogP contribution in [-0.2, 0) is 5.60 Å². The molecular weight excluding hydrogens is 164 g/mol. The maximum Gasteiger partial charge on any atom is 0.0930 e. The van der Waals surface area contributed by atoms with E-state index in [0.29, 0.717) is 6.42 Å². The zero-order valence-electron chi connectivity index (χ0n) is 7.48. The smallest absolute Gasteiger partial charge is 0.0930 e. The minimum Gasteiger partial charge on any atom is -0.396 e. The average Bonchev–Trinajstić information content (AvgIpc) is 2.81. The largest absolute Gasteiger partial charge is 0.396 e. The second-order valence-electron chi connectivity index (χ2n) is 3.70. The zero-order chi connectivity index (χ0) is 9.31. The van der Waals surface area contributed by atoms with E-state index < -0.39 is 5.60 Å². The standard InChI is InChI=1S/C11H14O2/c12-7-6-10-8-11(10,13)9-4-2-1-3-5-9/h1-5,10,12-13H,6-8H2/t10-,11-/m0/s1. The molecule has 0 bridgehead atoms. The van der Waals surface area contributed by atoms with E-state index in [4.69, 9.17) is 5.11 Å². The Morgan fingerprint density at radius 1 is 1.31 bits per heavy atom. The summed E-state index contributed by atoms with van der Waals surface area (Å²) in [6.07, 6.45) is 1.49. The highest BCUT2D eigenvalue weighted by atomic mass is 16.3. The van der Waals surface area contributed by atoms with Crippen LogP contribution in [-0.4, -0.2) is 16.8 Å². The van der Waals surface area contributed by atoms with Gasteiger partial charge in [-0.3, -0.25) is 0 Å². The minimum atomic E-state index is -0.649. The molecule has 13 heavy (non-hydrogen) atoms. The number of hydrogen-bond acceptors (Lipinski definition) is 2. The van der Waals surface area contributed by atoms with Crippen molar-refractivity contribution in [2.75, 3.05) is 6.61 Å². The predicted molar refractivity (Wildman–Crippen MR) is 50.1 cm³/mol. The highest BCUT2D eigenvalue weighted by Crippen LogP contribution is 2.53. The van der Waals surface area contributed by atoms with Gasteiger partial charge in [-0.2, -0.15) is 0 Å². The Morgan fingerprint density at radius 2 is 2.00 bits per heavy atom. The molecule has 0 unspecified atom stereocenters. The van der Waals surface area contributed by atoms with Crippen molar-refractivity contribution in [3.63, 3.8) is 0 Å². The van der Waals surface area contributed by atoms with Crippen molar-refractivity contribution in [2.24, 2.45) is 5.92 Å². The Morgan fingerprint density at radius 3 is 2.62 bits per heavy atom. The normalized spacial score (nSPS) is 31.7. The number of aliphatic hydroxyl groups excluding tert-OH is 1. The summed E-state index contributed by atoms with van der Waals surface area (Å²) in [7, 11) is 0. The molecule has 1 saturated carbocycles. The van der Waals surface area contributed by atoms with Crippen molar-refractivity contribution in [3.8, 4) is 0 Å². The lowest BCUT2D eigenvalue weighted by atomic mass is 10.0. The van der Waals surface area contributed by atoms with Gasteiger partial charge in [0.05, 0.1) is 5.60 Å². The lowest BCUT2D eigenvalue weighted by molar-refractivity contribution is 0.122. The third kappa shape index (κ3) is 1.47. The molecular formula is C11H14O2. The van der Waals surface area contributed by atoms with E-state index in [9.17, 15) is 5.11 Å². The molecule has 2 N–H and O–H groups in total. The first-order chi connectivity index (χ1) is 6.27. The highest BCUT2D eigenvalue weighted by molar-refractivity contribution is 5.29. The lowest BCUT2D eigenvalue weighted by Gasteiger charge is -2.09. The summed E-state index contributed by atoms with van der Waals surface area (Å²) in [6.45, 7) is 0.166. The quantitative estimate of drug-likeness (QED) is 0.732. The van der Waals surface area contributed by atoms with Crippen LogP contribution in [0.15, 0.2) is 30.3 Å². The monoisotopic (exact) mass is 178 g/mol. The van der Waals surface area contributed by atoms with Gasteiger partial charge in [-0.05, 0) is 24.3 Å². The van der Waals surface area contributed by atoms with Crippen LogP contribution in [0.3, 0.4) is 0 Å².